The van der Waals surface area contributed by atoms with Gasteiger partial charge in [-0.15, -0.1) is 0 Å². The monoisotopic (exact) mass is 182 g/mol. The van der Waals surface area contributed by atoms with Crippen molar-refractivity contribution in [3.8, 4) is 0 Å². The molecule has 0 radical (unpaired) electrons. The Morgan fingerprint density at radius 3 is 3.00 bits per heavy atom. The second-order valence-corrected chi connectivity index (χ2v) is 3.60. The highest BCUT2D eigenvalue weighted by Gasteiger charge is 2.30. The molecule has 1 aromatic heterocycles. The molecular formula is C10H14O3. The van der Waals surface area contributed by atoms with E-state index in [4.69, 9.17) is 9.15 Å². The average molecular weight is 182 g/mol. The molecule has 1 fully saturated rings. The Morgan fingerprint density at radius 2 is 2.46 bits per heavy atom. The molecule has 2 heterocycles. The van der Waals surface area contributed by atoms with Crippen LogP contribution < -0.4 is 0 Å². The van der Waals surface area contributed by atoms with Crippen LogP contribution in [0.4, 0.5) is 0 Å². The number of aliphatic hydroxyl groups excluding tert-OH is 1. The van der Waals surface area contributed by atoms with Crippen LogP contribution in [0, 0.1) is 5.92 Å². The van der Waals surface area contributed by atoms with Crippen LogP contribution in [-0.2, 0) is 4.74 Å². The van der Waals surface area contributed by atoms with Crippen LogP contribution in [0.3, 0.4) is 0 Å². The van der Waals surface area contributed by atoms with Gasteiger partial charge in [0, 0.05) is 5.92 Å². The molecular weight excluding hydrogens is 168 g/mol. The first-order chi connectivity index (χ1) is 6.27. The molecule has 2 rings (SSSR count). The number of rotatable bonds is 2. The molecule has 3 unspecified atom stereocenters. The van der Waals surface area contributed by atoms with Crippen LogP contribution in [0.25, 0.3) is 0 Å². The van der Waals surface area contributed by atoms with Gasteiger partial charge in [-0.1, -0.05) is 0 Å². The summed E-state index contributed by atoms with van der Waals surface area (Å²) < 4.78 is 10.5. The molecule has 13 heavy (non-hydrogen) atoms. The van der Waals surface area contributed by atoms with Crippen molar-refractivity contribution in [2.24, 2.45) is 5.92 Å². The van der Waals surface area contributed by atoms with Crippen LogP contribution in [0.1, 0.15) is 25.2 Å². The molecule has 72 valence electrons. The zero-order chi connectivity index (χ0) is 9.26. The van der Waals surface area contributed by atoms with Crippen LogP contribution in [0.2, 0.25) is 0 Å². The van der Waals surface area contributed by atoms with Gasteiger partial charge in [-0.05, 0) is 25.5 Å². The van der Waals surface area contributed by atoms with Crippen molar-refractivity contribution in [3.05, 3.63) is 24.2 Å². The van der Waals surface area contributed by atoms with Crippen LogP contribution in [0.15, 0.2) is 22.8 Å². The summed E-state index contributed by atoms with van der Waals surface area (Å²) in [6.45, 7) is 2.65. The maximum Gasteiger partial charge on any atom is 0.132 e. The largest absolute Gasteiger partial charge is 0.467 e. The minimum Gasteiger partial charge on any atom is -0.467 e. The number of hydrogen-bond acceptors (Lipinski definition) is 3. The molecule has 1 aliphatic heterocycles. The summed E-state index contributed by atoms with van der Waals surface area (Å²) in [5.41, 5.74) is 0. The van der Waals surface area contributed by atoms with Crippen LogP contribution in [0.5, 0.6) is 0 Å². The lowest BCUT2D eigenvalue weighted by Gasteiger charge is -2.13. The molecule has 0 spiro atoms. The number of aliphatic hydroxyl groups is 1. The minimum atomic E-state index is -0.514. The van der Waals surface area contributed by atoms with Gasteiger partial charge in [0.2, 0.25) is 0 Å². The van der Waals surface area contributed by atoms with Crippen molar-refractivity contribution in [2.75, 3.05) is 6.61 Å². The SMILES string of the molecule is CC1CC(C(O)c2ccco2)CO1. The third kappa shape index (κ3) is 1.76. The van der Waals surface area contributed by atoms with Crippen molar-refractivity contribution < 1.29 is 14.3 Å². The highest BCUT2D eigenvalue weighted by Crippen LogP contribution is 2.31. The lowest BCUT2D eigenvalue weighted by Crippen LogP contribution is -2.11. The van der Waals surface area contributed by atoms with E-state index in [2.05, 4.69) is 0 Å². The maximum absolute atomic E-state index is 9.85. The Balaban J connectivity index is 2.02. The second kappa shape index (κ2) is 3.52. The van der Waals surface area contributed by atoms with E-state index in [0.717, 1.165) is 6.42 Å². The zero-order valence-corrected chi connectivity index (χ0v) is 7.64. The summed E-state index contributed by atoms with van der Waals surface area (Å²) in [6.07, 6.45) is 2.23. The molecule has 3 nitrogen and oxygen atoms in total. The van der Waals surface area contributed by atoms with Crippen molar-refractivity contribution in [1.82, 2.24) is 0 Å². The Hall–Kier alpha value is -0.800. The van der Waals surface area contributed by atoms with E-state index in [1.54, 1.807) is 18.4 Å². The van der Waals surface area contributed by atoms with Gasteiger partial charge in [0.25, 0.3) is 0 Å². The quantitative estimate of drug-likeness (QED) is 0.757. The first-order valence-electron chi connectivity index (χ1n) is 4.60. The second-order valence-electron chi connectivity index (χ2n) is 3.60. The first-order valence-corrected chi connectivity index (χ1v) is 4.60. The minimum absolute atomic E-state index is 0.182. The van der Waals surface area contributed by atoms with Gasteiger partial charge in [0.15, 0.2) is 0 Å². The van der Waals surface area contributed by atoms with E-state index in [1.807, 2.05) is 6.92 Å². The number of furan rings is 1. The Kier molecular flexibility index (Phi) is 2.38. The summed E-state index contributed by atoms with van der Waals surface area (Å²) >= 11 is 0. The lowest BCUT2D eigenvalue weighted by molar-refractivity contribution is 0.0671. The number of ether oxygens (including phenoxy) is 1. The fourth-order valence-electron chi connectivity index (χ4n) is 1.76. The average Bonchev–Trinajstić information content (AvgIpc) is 2.72. The molecule has 1 saturated heterocycles. The highest BCUT2D eigenvalue weighted by molar-refractivity contribution is 5.03. The van der Waals surface area contributed by atoms with Crippen molar-refractivity contribution in [2.45, 2.75) is 25.6 Å². The summed E-state index contributed by atoms with van der Waals surface area (Å²) in [5.74, 6) is 0.823. The van der Waals surface area contributed by atoms with Crippen LogP contribution in [-0.4, -0.2) is 17.8 Å². The Labute approximate surface area is 77.3 Å². The molecule has 0 saturated carbocycles. The topological polar surface area (TPSA) is 42.6 Å². The predicted molar refractivity (Wildman–Crippen MR) is 47.2 cm³/mol. The highest BCUT2D eigenvalue weighted by atomic mass is 16.5. The van der Waals surface area contributed by atoms with Gasteiger partial charge in [-0.3, -0.25) is 0 Å². The third-order valence-corrected chi connectivity index (χ3v) is 2.51. The molecule has 0 aliphatic carbocycles. The standard InChI is InChI=1S/C10H14O3/c1-7-5-8(6-13-7)10(11)9-3-2-4-12-9/h2-4,7-8,10-11H,5-6H2,1H3. The Bertz CT molecular complexity index is 255. The molecule has 0 aromatic carbocycles. The van der Waals surface area contributed by atoms with Crippen molar-refractivity contribution in [1.29, 1.82) is 0 Å². The van der Waals surface area contributed by atoms with E-state index in [0.29, 0.717) is 12.4 Å². The Morgan fingerprint density at radius 1 is 1.62 bits per heavy atom. The van der Waals surface area contributed by atoms with E-state index < -0.39 is 6.10 Å². The molecule has 3 atom stereocenters. The third-order valence-electron chi connectivity index (χ3n) is 2.51. The maximum atomic E-state index is 9.85. The van der Waals surface area contributed by atoms with Gasteiger partial charge in [0.1, 0.15) is 11.9 Å². The number of hydrogen-bond donors (Lipinski definition) is 1. The predicted octanol–water partition coefficient (Wildman–Crippen LogP) is 1.74. The summed E-state index contributed by atoms with van der Waals surface area (Å²) in [4.78, 5) is 0. The molecule has 1 N–H and O–H groups in total. The van der Waals surface area contributed by atoms with Gasteiger partial charge in [0.05, 0.1) is 19.0 Å². The molecule has 1 aliphatic rings. The molecule has 1 aromatic rings. The van der Waals surface area contributed by atoms with Crippen molar-refractivity contribution in [3.63, 3.8) is 0 Å². The van der Waals surface area contributed by atoms with Gasteiger partial charge in [-0.2, -0.15) is 0 Å². The lowest BCUT2D eigenvalue weighted by atomic mass is 9.98. The van der Waals surface area contributed by atoms with Gasteiger partial charge >= 0.3 is 0 Å². The van der Waals surface area contributed by atoms with Gasteiger partial charge < -0.3 is 14.3 Å². The van der Waals surface area contributed by atoms with E-state index in [9.17, 15) is 5.11 Å². The van der Waals surface area contributed by atoms with Gasteiger partial charge in [-0.25, -0.2) is 0 Å². The molecule has 0 bridgehead atoms. The summed E-state index contributed by atoms with van der Waals surface area (Å²) in [7, 11) is 0. The van der Waals surface area contributed by atoms with E-state index in [-0.39, 0.29) is 12.0 Å². The zero-order valence-electron chi connectivity index (χ0n) is 7.64. The van der Waals surface area contributed by atoms with E-state index >= 15 is 0 Å². The first kappa shape index (κ1) is 8.78. The smallest absolute Gasteiger partial charge is 0.132 e. The summed E-state index contributed by atoms with van der Waals surface area (Å²) in [5, 5.41) is 9.85. The fourth-order valence-corrected chi connectivity index (χ4v) is 1.76. The van der Waals surface area contributed by atoms with E-state index in [1.165, 1.54) is 0 Å². The fraction of sp³-hybridized carbons (Fsp3) is 0.600. The molecule has 3 heteroatoms. The van der Waals surface area contributed by atoms with Crippen LogP contribution >= 0.6 is 0 Å². The molecule has 0 amide bonds. The normalized spacial score (nSPS) is 30.6. The van der Waals surface area contributed by atoms with Crippen molar-refractivity contribution >= 4 is 0 Å². The summed E-state index contributed by atoms with van der Waals surface area (Å²) in [6, 6.07) is 3.59.